The zero-order valence-electron chi connectivity index (χ0n) is 18.2. The Balaban J connectivity index is 0.00000289. The van der Waals surface area contributed by atoms with Gasteiger partial charge in [-0.2, -0.15) is 0 Å². The average Bonchev–Trinajstić information content (AvgIpc) is 2.92. The van der Waals surface area contributed by atoms with E-state index in [2.05, 4.69) is 45.7 Å². The number of nitrogens with zero attached hydrogens (tertiary/aromatic N) is 1. The number of hydrogen-bond acceptors (Lipinski definition) is 5. The highest BCUT2D eigenvalue weighted by Gasteiger charge is 2.25. The maximum absolute atomic E-state index is 12.4. The van der Waals surface area contributed by atoms with E-state index in [1.54, 1.807) is 0 Å². The van der Waals surface area contributed by atoms with Gasteiger partial charge in [-0.05, 0) is 56.0 Å². The highest BCUT2D eigenvalue weighted by atomic mass is 35.5. The number of pyridine rings is 1. The number of fused-ring (bicyclic) bond motifs is 4. The van der Waals surface area contributed by atoms with Gasteiger partial charge in [-0.3, -0.25) is 4.79 Å². The third kappa shape index (κ3) is 4.33. The summed E-state index contributed by atoms with van der Waals surface area (Å²) in [6, 6.07) is 6.32. The molecule has 4 rings (SSSR count). The monoisotopic (exact) mass is 461 g/mol. The van der Waals surface area contributed by atoms with Crippen LogP contribution in [-0.4, -0.2) is 32.5 Å². The molecule has 9 heteroatoms. The zero-order chi connectivity index (χ0) is 22.1. The molecule has 3 aromatic rings. The van der Waals surface area contributed by atoms with Crippen molar-refractivity contribution in [2.45, 2.75) is 45.6 Å². The van der Waals surface area contributed by atoms with Gasteiger partial charge in [0.2, 0.25) is 5.75 Å². The van der Waals surface area contributed by atoms with Crippen LogP contribution in [0.25, 0.3) is 22.2 Å². The number of aryl methyl sites for hydroxylation is 2. The summed E-state index contributed by atoms with van der Waals surface area (Å²) in [5.74, 6) is -0.973. The number of carbonyl (C=O) groups is 1. The number of rotatable bonds is 6. The molecule has 0 aliphatic heterocycles. The number of hydrogen-bond donors (Lipinski definition) is 4. The summed E-state index contributed by atoms with van der Waals surface area (Å²) >= 11 is 0. The third-order valence-electron chi connectivity index (χ3n) is 5.96. The maximum atomic E-state index is 12.4. The minimum Gasteiger partial charge on any atom is -0.504 e. The van der Waals surface area contributed by atoms with E-state index in [9.17, 15) is 14.7 Å². The fraction of sp³-hybridized carbons (Fsp3) is 0.391. The summed E-state index contributed by atoms with van der Waals surface area (Å²) in [6.45, 7) is 3.92. The van der Waals surface area contributed by atoms with Crippen molar-refractivity contribution in [1.29, 1.82) is 0 Å². The van der Waals surface area contributed by atoms with E-state index in [1.165, 1.54) is 5.69 Å². The van der Waals surface area contributed by atoms with Crippen molar-refractivity contribution in [2.24, 2.45) is 7.05 Å². The molecule has 1 aromatic carbocycles. The van der Waals surface area contributed by atoms with Gasteiger partial charge in [-0.15, -0.1) is 12.4 Å². The van der Waals surface area contributed by atoms with Gasteiger partial charge < -0.3 is 29.8 Å². The number of nitrogens with one attached hydrogen (secondary N) is 2. The summed E-state index contributed by atoms with van der Waals surface area (Å²) in [7, 11) is 2.05. The Morgan fingerprint density at radius 2 is 2.06 bits per heavy atom. The second kappa shape index (κ2) is 9.67. The second-order valence-corrected chi connectivity index (χ2v) is 8.00. The molecule has 0 amide bonds. The zero-order valence-corrected chi connectivity index (χ0v) is 19.0. The Morgan fingerprint density at radius 1 is 1.28 bits per heavy atom. The van der Waals surface area contributed by atoms with E-state index in [4.69, 9.17) is 5.11 Å². The van der Waals surface area contributed by atoms with E-state index in [0.717, 1.165) is 60.8 Å². The summed E-state index contributed by atoms with van der Waals surface area (Å²) in [4.78, 5) is 26.1. The van der Waals surface area contributed by atoms with Crippen LogP contribution in [0.15, 0.2) is 23.0 Å². The highest BCUT2D eigenvalue weighted by Crippen LogP contribution is 2.40. The van der Waals surface area contributed by atoms with Crippen molar-refractivity contribution in [3.8, 4) is 22.8 Å². The standard InChI is InChI=1S/C23H27N3O5.ClH/c1-3-4-8-24-12-15-9-14-10-17-13(11-18(14)26(15)2)6-5-7-16-19(17)25-22(28)21(20(16)27)31-23(29)30;/h9-11,24H,3-8,12H2,1-2H3,(H,29,30)(H2,25,27,28);1H. The SMILES string of the molecule is CCCCNCc1cc2cc3c(cc2n1C)CCCc1c-3[nH]c(=O)c(OC(=O)O)c1O.Cl. The molecule has 0 fully saturated rings. The number of halogens is 1. The molecule has 2 aromatic heterocycles. The van der Waals surface area contributed by atoms with Crippen LogP contribution in [0, 0.1) is 0 Å². The first-order valence-electron chi connectivity index (χ1n) is 10.6. The van der Waals surface area contributed by atoms with Crippen LogP contribution in [0.1, 0.15) is 43.0 Å². The molecule has 32 heavy (non-hydrogen) atoms. The smallest absolute Gasteiger partial charge is 0.504 e. The van der Waals surface area contributed by atoms with Gasteiger partial charge in [0.25, 0.3) is 5.56 Å². The molecule has 8 nitrogen and oxygen atoms in total. The van der Waals surface area contributed by atoms with Gasteiger partial charge in [-0.1, -0.05) is 13.3 Å². The van der Waals surface area contributed by atoms with Crippen LogP contribution in [0.5, 0.6) is 11.5 Å². The molecule has 0 bridgehead atoms. The van der Waals surface area contributed by atoms with Gasteiger partial charge in [0, 0.05) is 41.3 Å². The van der Waals surface area contributed by atoms with Crippen LogP contribution in [0.3, 0.4) is 0 Å². The number of carboxylic acid groups (broad SMARTS) is 1. The number of ether oxygens (including phenoxy) is 1. The minimum absolute atomic E-state index is 0. The van der Waals surface area contributed by atoms with Crippen molar-refractivity contribution in [2.75, 3.05) is 6.54 Å². The number of aromatic hydroxyl groups is 1. The van der Waals surface area contributed by atoms with Crippen molar-refractivity contribution in [1.82, 2.24) is 14.9 Å². The molecule has 0 saturated heterocycles. The summed E-state index contributed by atoms with van der Waals surface area (Å²) in [6.07, 6.45) is 2.70. The molecule has 2 heterocycles. The van der Waals surface area contributed by atoms with E-state index >= 15 is 0 Å². The van der Waals surface area contributed by atoms with Crippen LogP contribution < -0.4 is 15.6 Å². The fourth-order valence-corrected chi connectivity index (χ4v) is 4.33. The van der Waals surface area contributed by atoms with Gasteiger partial charge >= 0.3 is 6.16 Å². The molecule has 0 spiro atoms. The first-order chi connectivity index (χ1) is 14.9. The summed E-state index contributed by atoms with van der Waals surface area (Å²) < 4.78 is 6.71. The van der Waals surface area contributed by atoms with Crippen LogP contribution >= 0.6 is 12.4 Å². The normalized spacial score (nSPS) is 12.6. The van der Waals surface area contributed by atoms with E-state index in [-0.39, 0.29) is 12.4 Å². The highest BCUT2D eigenvalue weighted by molar-refractivity contribution is 5.89. The van der Waals surface area contributed by atoms with Crippen LogP contribution in [0.2, 0.25) is 0 Å². The number of aromatic amines is 1. The van der Waals surface area contributed by atoms with Crippen molar-refractivity contribution in [3.63, 3.8) is 0 Å². The van der Waals surface area contributed by atoms with Gasteiger partial charge in [0.15, 0.2) is 5.75 Å². The Hall–Kier alpha value is -2.97. The molecule has 1 aliphatic rings. The van der Waals surface area contributed by atoms with Gasteiger partial charge in [0.1, 0.15) is 0 Å². The molecule has 0 atom stereocenters. The molecule has 172 valence electrons. The Bertz CT molecular complexity index is 1210. The lowest BCUT2D eigenvalue weighted by atomic mass is 9.99. The van der Waals surface area contributed by atoms with E-state index in [0.29, 0.717) is 17.7 Å². The number of H-pyrrole nitrogens is 1. The molecule has 0 unspecified atom stereocenters. The van der Waals surface area contributed by atoms with Crippen molar-refractivity contribution in [3.05, 3.63) is 45.4 Å². The predicted molar refractivity (Wildman–Crippen MR) is 125 cm³/mol. The summed E-state index contributed by atoms with van der Waals surface area (Å²) in [5, 5.41) is 24.0. The Morgan fingerprint density at radius 3 is 2.78 bits per heavy atom. The lowest BCUT2D eigenvalue weighted by molar-refractivity contribution is 0.142. The molecule has 0 saturated carbocycles. The predicted octanol–water partition coefficient (Wildman–Crippen LogP) is 4.10. The molecule has 4 N–H and O–H groups in total. The Kier molecular flexibility index (Phi) is 7.16. The average molecular weight is 462 g/mol. The maximum Gasteiger partial charge on any atom is 0.511 e. The topological polar surface area (TPSA) is 117 Å². The van der Waals surface area contributed by atoms with Crippen LogP contribution in [-0.2, 0) is 26.4 Å². The van der Waals surface area contributed by atoms with Gasteiger partial charge in [0.05, 0.1) is 5.69 Å². The minimum atomic E-state index is -1.64. The summed E-state index contributed by atoms with van der Waals surface area (Å²) in [5.41, 5.74) is 4.50. The van der Waals surface area contributed by atoms with Crippen molar-refractivity contribution < 1.29 is 19.7 Å². The lowest BCUT2D eigenvalue weighted by Crippen LogP contribution is -2.17. The quantitative estimate of drug-likeness (QED) is 0.324. The molecular weight excluding hydrogens is 434 g/mol. The largest absolute Gasteiger partial charge is 0.511 e. The van der Waals surface area contributed by atoms with Crippen LogP contribution in [0.4, 0.5) is 4.79 Å². The number of unbranched alkanes of at least 4 members (excludes halogenated alkanes) is 1. The molecule has 1 aliphatic carbocycles. The first kappa shape index (κ1) is 23.7. The molecular formula is C23H28ClN3O5. The van der Waals surface area contributed by atoms with Crippen molar-refractivity contribution >= 4 is 29.5 Å². The number of benzene rings is 1. The number of aromatic nitrogens is 2. The fourth-order valence-electron chi connectivity index (χ4n) is 4.33. The Labute approximate surface area is 191 Å². The van der Waals surface area contributed by atoms with E-state index in [1.807, 2.05) is 6.07 Å². The third-order valence-corrected chi connectivity index (χ3v) is 5.96. The first-order valence-corrected chi connectivity index (χ1v) is 10.6. The lowest BCUT2D eigenvalue weighted by Gasteiger charge is -2.13. The van der Waals surface area contributed by atoms with Gasteiger partial charge in [-0.25, -0.2) is 4.79 Å². The van der Waals surface area contributed by atoms with E-state index < -0.39 is 23.2 Å². The molecule has 0 radical (unpaired) electrons. The second-order valence-electron chi connectivity index (χ2n) is 8.00.